The SMILES string of the molecule is CCOCC.O=C(Nc1ccccc1)c1ccccc1. The molecule has 0 radical (unpaired) electrons. The van der Waals surface area contributed by atoms with Gasteiger partial charge in [-0.3, -0.25) is 4.79 Å². The van der Waals surface area contributed by atoms with Gasteiger partial charge in [-0.05, 0) is 38.1 Å². The fourth-order valence-electron chi connectivity index (χ4n) is 1.52. The van der Waals surface area contributed by atoms with E-state index >= 15 is 0 Å². The molecule has 0 saturated carbocycles. The zero-order valence-corrected chi connectivity index (χ0v) is 12.0. The minimum absolute atomic E-state index is 0.0817. The molecule has 2 aromatic carbocycles. The molecule has 2 aromatic rings. The molecule has 0 spiro atoms. The van der Waals surface area contributed by atoms with Crippen molar-refractivity contribution in [1.82, 2.24) is 0 Å². The quantitative estimate of drug-likeness (QED) is 0.913. The Morgan fingerprint density at radius 2 is 1.40 bits per heavy atom. The summed E-state index contributed by atoms with van der Waals surface area (Å²) in [6.45, 7) is 5.67. The van der Waals surface area contributed by atoms with E-state index in [9.17, 15) is 4.79 Å². The van der Waals surface area contributed by atoms with Crippen LogP contribution >= 0.6 is 0 Å². The highest BCUT2D eigenvalue weighted by molar-refractivity contribution is 6.04. The highest BCUT2D eigenvalue weighted by atomic mass is 16.5. The molecule has 0 fully saturated rings. The van der Waals surface area contributed by atoms with Gasteiger partial charge in [-0.2, -0.15) is 0 Å². The summed E-state index contributed by atoms with van der Waals surface area (Å²) in [5, 5.41) is 2.82. The van der Waals surface area contributed by atoms with Crippen LogP contribution in [0, 0.1) is 0 Å². The van der Waals surface area contributed by atoms with Crippen molar-refractivity contribution in [2.45, 2.75) is 13.8 Å². The maximum atomic E-state index is 11.7. The molecule has 106 valence electrons. The van der Waals surface area contributed by atoms with Gasteiger partial charge in [-0.25, -0.2) is 0 Å². The second kappa shape index (κ2) is 9.75. The standard InChI is InChI=1S/C13H11NO.C4H10O/c15-13(11-7-3-1-4-8-11)14-12-9-5-2-6-10-12;1-3-5-4-2/h1-10H,(H,14,15);3-4H2,1-2H3. The van der Waals surface area contributed by atoms with Gasteiger partial charge < -0.3 is 10.1 Å². The topological polar surface area (TPSA) is 38.3 Å². The minimum atomic E-state index is -0.0817. The largest absolute Gasteiger partial charge is 0.382 e. The fraction of sp³-hybridized carbons (Fsp3) is 0.235. The maximum Gasteiger partial charge on any atom is 0.255 e. The van der Waals surface area contributed by atoms with Gasteiger partial charge in [0.2, 0.25) is 0 Å². The van der Waals surface area contributed by atoms with E-state index in [1.165, 1.54) is 0 Å². The first-order valence-electron chi connectivity index (χ1n) is 6.77. The monoisotopic (exact) mass is 271 g/mol. The highest BCUT2D eigenvalue weighted by Crippen LogP contribution is 2.07. The molecule has 0 aliphatic carbocycles. The normalized spacial score (nSPS) is 9.30. The van der Waals surface area contributed by atoms with E-state index in [-0.39, 0.29) is 5.91 Å². The molecule has 1 amide bonds. The van der Waals surface area contributed by atoms with E-state index in [2.05, 4.69) is 5.32 Å². The lowest BCUT2D eigenvalue weighted by atomic mass is 10.2. The molecule has 0 heterocycles. The van der Waals surface area contributed by atoms with Gasteiger partial charge in [0.05, 0.1) is 0 Å². The van der Waals surface area contributed by atoms with Gasteiger partial charge in [0.15, 0.2) is 0 Å². The number of hydrogen-bond donors (Lipinski definition) is 1. The lowest BCUT2D eigenvalue weighted by Gasteiger charge is -2.03. The molecule has 0 saturated heterocycles. The summed E-state index contributed by atoms with van der Waals surface area (Å²) < 4.78 is 4.83. The summed E-state index contributed by atoms with van der Waals surface area (Å²) in [6, 6.07) is 18.6. The lowest BCUT2D eigenvalue weighted by molar-refractivity contribution is 0.102. The Labute approximate surface area is 120 Å². The van der Waals surface area contributed by atoms with Crippen LogP contribution in [0.15, 0.2) is 60.7 Å². The molecular weight excluding hydrogens is 250 g/mol. The first kappa shape index (κ1) is 15.9. The van der Waals surface area contributed by atoms with Crippen molar-refractivity contribution in [1.29, 1.82) is 0 Å². The number of amides is 1. The van der Waals surface area contributed by atoms with Crippen molar-refractivity contribution >= 4 is 11.6 Å². The van der Waals surface area contributed by atoms with E-state index in [0.29, 0.717) is 5.56 Å². The van der Waals surface area contributed by atoms with Crippen molar-refractivity contribution in [2.75, 3.05) is 18.5 Å². The van der Waals surface area contributed by atoms with Crippen LogP contribution in [0.3, 0.4) is 0 Å². The van der Waals surface area contributed by atoms with Crippen LogP contribution in [0.25, 0.3) is 0 Å². The zero-order valence-electron chi connectivity index (χ0n) is 12.0. The summed E-state index contributed by atoms with van der Waals surface area (Å²) in [5.41, 5.74) is 1.48. The Balaban J connectivity index is 0.000000347. The number of rotatable bonds is 4. The van der Waals surface area contributed by atoms with Gasteiger partial charge in [-0.15, -0.1) is 0 Å². The van der Waals surface area contributed by atoms with E-state index in [1.807, 2.05) is 62.4 Å². The molecular formula is C17H21NO2. The smallest absolute Gasteiger partial charge is 0.255 e. The molecule has 1 N–H and O–H groups in total. The lowest BCUT2D eigenvalue weighted by Crippen LogP contribution is -2.11. The van der Waals surface area contributed by atoms with Crippen LogP contribution in [0.1, 0.15) is 24.2 Å². The zero-order chi connectivity index (χ0) is 14.6. The van der Waals surface area contributed by atoms with Gasteiger partial charge in [0, 0.05) is 24.5 Å². The van der Waals surface area contributed by atoms with Crippen molar-refractivity contribution in [3.8, 4) is 0 Å². The number of benzene rings is 2. The van der Waals surface area contributed by atoms with Crippen LogP contribution in [0.4, 0.5) is 5.69 Å². The first-order valence-corrected chi connectivity index (χ1v) is 6.77. The summed E-state index contributed by atoms with van der Waals surface area (Å²) in [5.74, 6) is -0.0817. The summed E-state index contributed by atoms with van der Waals surface area (Å²) in [4.78, 5) is 11.7. The Hall–Kier alpha value is -2.13. The minimum Gasteiger partial charge on any atom is -0.382 e. The predicted octanol–water partition coefficient (Wildman–Crippen LogP) is 3.98. The molecule has 0 aliphatic heterocycles. The second-order valence-corrected chi connectivity index (χ2v) is 3.97. The average molecular weight is 271 g/mol. The maximum absolute atomic E-state index is 11.7. The molecule has 2 rings (SSSR count). The van der Waals surface area contributed by atoms with E-state index in [1.54, 1.807) is 12.1 Å². The summed E-state index contributed by atoms with van der Waals surface area (Å²) >= 11 is 0. The van der Waals surface area contributed by atoms with E-state index in [0.717, 1.165) is 18.9 Å². The Morgan fingerprint density at radius 3 is 1.85 bits per heavy atom. The van der Waals surface area contributed by atoms with Crippen molar-refractivity contribution in [2.24, 2.45) is 0 Å². The molecule has 3 heteroatoms. The average Bonchev–Trinajstić information content (AvgIpc) is 2.50. The third-order valence-electron chi connectivity index (χ3n) is 2.48. The molecule has 0 unspecified atom stereocenters. The van der Waals surface area contributed by atoms with Crippen LogP contribution in [-0.4, -0.2) is 19.1 Å². The molecule has 0 aliphatic rings. The number of carbonyl (C=O) groups is 1. The Morgan fingerprint density at radius 1 is 0.900 bits per heavy atom. The van der Waals surface area contributed by atoms with Gasteiger partial charge in [0.25, 0.3) is 5.91 Å². The summed E-state index contributed by atoms with van der Waals surface area (Å²) in [6.07, 6.45) is 0. The van der Waals surface area contributed by atoms with Crippen LogP contribution in [0.2, 0.25) is 0 Å². The van der Waals surface area contributed by atoms with E-state index in [4.69, 9.17) is 4.74 Å². The van der Waals surface area contributed by atoms with Crippen LogP contribution in [0.5, 0.6) is 0 Å². The molecule has 0 atom stereocenters. The number of ether oxygens (including phenoxy) is 1. The molecule has 3 nitrogen and oxygen atoms in total. The Bertz CT molecular complexity index is 481. The Kier molecular flexibility index (Phi) is 7.77. The van der Waals surface area contributed by atoms with Crippen molar-refractivity contribution in [3.05, 3.63) is 66.2 Å². The predicted molar refractivity (Wildman–Crippen MR) is 83.0 cm³/mol. The van der Waals surface area contributed by atoms with Gasteiger partial charge in [-0.1, -0.05) is 36.4 Å². The van der Waals surface area contributed by atoms with Gasteiger partial charge in [0.1, 0.15) is 0 Å². The number of para-hydroxylation sites is 1. The third-order valence-corrected chi connectivity index (χ3v) is 2.48. The van der Waals surface area contributed by atoms with Gasteiger partial charge >= 0.3 is 0 Å². The number of nitrogens with one attached hydrogen (secondary N) is 1. The number of carbonyl (C=O) groups excluding carboxylic acids is 1. The molecule has 20 heavy (non-hydrogen) atoms. The second-order valence-electron chi connectivity index (χ2n) is 3.97. The van der Waals surface area contributed by atoms with Crippen LogP contribution < -0.4 is 5.32 Å². The third kappa shape index (κ3) is 6.16. The number of anilines is 1. The number of hydrogen-bond acceptors (Lipinski definition) is 2. The molecule has 0 bridgehead atoms. The van der Waals surface area contributed by atoms with Crippen molar-refractivity contribution in [3.63, 3.8) is 0 Å². The molecule has 0 aromatic heterocycles. The van der Waals surface area contributed by atoms with Crippen LogP contribution in [-0.2, 0) is 4.74 Å². The van der Waals surface area contributed by atoms with Crippen molar-refractivity contribution < 1.29 is 9.53 Å². The highest BCUT2D eigenvalue weighted by Gasteiger charge is 2.03. The van der Waals surface area contributed by atoms with E-state index < -0.39 is 0 Å². The first-order chi connectivity index (χ1) is 9.77. The summed E-state index contributed by atoms with van der Waals surface area (Å²) in [7, 11) is 0. The fourth-order valence-corrected chi connectivity index (χ4v) is 1.52.